The highest BCUT2D eigenvalue weighted by Crippen LogP contribution is 2.31. The fourth-order valence-corrected chi connectivity index (χ4v) is 2.86. The van der Waals surface area contributed by atoms with E-state index >= 15 is 0 Å². The molecule has 0 amide bonds. The maximum atomic E-state index is 11.7. The van der Waals surface area contributed by atoms with Gasteiger partial charge in [0.15, 0.2) is 11.4 Å². The van der Waals surface area contributed by atoms with Crippen molar-refractivity contribution < 1.29 is 9.59 Å². The Bertz CT molecular complexity index is 1110. The third-order valence-electron chi connectivity index (χ3n) is 4.21. The summed E-state index contributed by atoms with van der Waals surface area (Å²) in [6.45, 7) is 1.49. The van der Waals surface area contributed by atoms with Crippen LogP contribution in [0, 0.1) is 0 Å². The Kier molecular flexibility index (Phi) is 3.89. The van der Waals surface area contributed by atoms with Crippen LogP contribution in [0.2, 0.25) is 0 Å². The normalized spacial score (nSPS) is 10.8. The molecule has 0 aliphatic rings. The summed E-state index contributed by atoms with van der Waals surface area (Å²) in [5.41, 5.74) is 5.15. The zero-order valence-electron chi connectivity index (χ0n) is 14.1. The highest BCUT2D eigenvalue weighted by atomic mass is 16.1. The maximum Gasteiger partial charge on any atom is 0.180 e. The van der Waals surface area contributed by atoms with E-state index in [9.17, 15) is 9.59 Å². The number of hydrogen-bond donors (Lipinski definition) is 0. The van der Waals surface area contributed by atoms with Crippen LogP contribution >= 0.6 is 0 Å². The zero-order chi connectivity index (χ0) is 18.1. The molecule has 26 heavy (non-hydrogen) atoms. The Morgan fingerprint density at radius 3 is 2.38 bits per heavy atom. The molecule has 2 heterocycles. The number of hydrogen-bond acceptors (Lipinski definition) is 4. The van der Waals surface area contributed by atoms with E-state index in [0.29, 0.717) is 16.9 Å². The number of rotatable bonds is 4. The first kappa shape index (κ1) is 15.9. The number of aromatic nitrogens is 3. The quantitative estimate of drug-likeness (QED) is 0.414. The van der Waals surface area contributed by atoms with Crippen molar-refractivity contribution in [2.24, 2.45) is 0 Å². The van der Waals surface area contributed by atoms with Gasteiger partial charge in [0.2, 0.25) is 0 Å². The zero-order valence-corrected chi connectivity index (χ0v) is 14.1. The van der Waals surface area contributed by atoms with Gasteiger partial charge in [-0.3, -0.25) is 9.59 Å². The molecule has 5 heteroatoms. The molecule has 126 valence electrons. The molecule has 4 aromatic rings. The van der Waals surface area contributed by atoms with Gasteiger partial charge in [-0.05, 0) is 5.56 Å². The Balaban J connectivity index is 1.98. The first-order chi connectivity index (χ1) is 12.7. The van der Waals surface area contributed by atoms with E-state index < -0.39 is 0 Å². The smallest absolute Gasteiger partial charge is 0.180 e. The molecule has 5 nitrogen and oxygen atoms in total. The second-order valence-corrected chi connectivity index (χ2v) is 6.00. The van der Waals surface area contributed by atoms with Crippen LogP contribution in [0.5, 0.6) is 0 Å². The third kappa shape index (κ3) is 2.80. The van der Waals surface area contributed by atoms with E-state index in [1.54, 1.807) is 22.7 Å². The van der Waals surface area contributed by atoms with Gasteiger partial charge < -0.3 is 0 Å². The van der Waals surface area contributed by atoms with Gasteiger partial charge >= 0.3 is 0 Å². The second-order valence-electron chi connectivity index (χ2n) is 6.00. The molecule has 0 aliphatic carbocycles. The number of aldehydes is 1. The van der Waals surface area contributed by atoms with Crippen LogP contribution in [0.4, 0.5) is 0 Å². The topological polar surface area (TPSA) is 64.3 Å². The highest BCUT2D eigenvalue weighted by molar-refractivity contribution is 5.93. The van der Waals surface area contributed by atoms with Gasteiger partial charge in [-0.2, -0.15) is 5.10 Å². The Labute approximate surface area is 149 Å². The van der Waals surface area contributed by atoms with Crippen molar-refractivity contribution in [1.82, 2.24) is 14.6 Å². The van der Waals surface area contributed by atoms with Crippen LogP contribution in [0.1, 0.15) is 27.8 Å². The van der Waals surface area contributed by atoms with Crippen LogP contribution < -0.4 is 0 Å². The minimum Gasteiger partial charge on any atom is -0.298 e. The van der Waals surface area contributed by atoms with E-state index in [1.807, 2.05) is 48.7 Å². The van der Waals surface area contributed by atoms with Crippen LogP contribution in [-0.2, 0) is 0 Å². The number of fused-ring (bicyclic) bond motifs is 1. The Hall–Kier alpha value is -3.60. The molecule has 0 fully saturated rings. The summed E-state index contributed by atoms with van der Waals surface area (Å²) in [6, 6.07) is 18.8. The van der Waals surface area contributed by atoms with Crippen molar-refractivity contribution in [3.63, 3.8) is 0 Å². The number of Topliss-reactive ketones (excluding diaryl/α,β-unsaturated/α-hetero) is 1. The number of ketones is 1. The van der Waals surface area contributed by atoms with Crippen molar-refractivity contribution in [1.29, 1.82) is 0 Å². The van der Waals surface area contributed by atoms with Crippen LogP contribution in [0.3, 0.4) is 0 Å². The summed E-state index contributed by atoms with van der Waals surface area (Å²) >= 11 is 0. The van der Waals surface area contributed by atoms with Gasteiger partial charge in [-0.25, -0.2) is 9.50 Å². The lowest BCUT2D eigenvalue weighted by atomic mass is 10.00. The maximum absolute atomic E-state index is 11.7. The lowest BCUT2D eigenvalue weighted by Crippen LogP contribution is -1.98. The van der Waals surface area contributed by atoms with Crippen molar-refractivity contribution in [3.8, 4) is 22.4 Å². The molecule has 2 aromatic heterocycles. The molecule has 0 spiro atoms. The average Bonchev–Trinajstić information content (AvgIpc) is 3.11. The van der Waals surface area contributed by atoms with E-state index in [4.69, 9.17) is 4.98 Å². The molecule has 0 aliphatic heterocycles. The molecule has 0 unspecified atom stereocenters. The summed E-state index contributed by atoms with van der Waals surface area (Å²) < 4.78 is 1.63. The fourth-order valence-electron chi connectivity index (χ4n) is 2.86. The van der Waals surface area contributed by atoms with Gasteiger partial charge in [0.1, 0.15) is 12.0 Å². The molecule has 0 radical (unpaired) electrons. The van der Waals surface area contributed by atoms with Gasteiger partial charge in [-0.15, -0.1) is 0 Å². The summed E-state index contributed by atoms with van der Waals surface area (Å²) in [4.78, 5) is 27.3. The van der Waals surface area contributed by atoms with Gasteiger partial charge in [0.25, 0.3) is 0 Å². The standard InChI is InChI=1S/C21H15N3O2/c1-14(26)19-11-20-22-21(17-9-7-15(13-25)8-10-17)18(12-24(20)23-19)16-5-3-2-4-6-16/h2-13H,1H3. The number of carbonyl (C=O) groups excluding carboxylic acids is 2. The summed E-state index contributed by atoms with van der Waals surface area (Å²) in [5.74, 6) is -0.103. The summed E-state index contributed by atoms with van der Waals surface area (Å²) in [5, 5.41) is 4.32. The largest absolute Gasteiger partial charge is 0.298 e. The van der Waals surface area contributed by atoms with Gasteiger partial charge in [-0.1, -0.05) is 54.6 Å². The molecule has 0 atom stereocenters. The van der Waals surface area contributed by atoms with Crippen molar-refractivity contribution in [2.75, 3.05) is 0 Å². The van der Waals surface area contributed by atoms with E-state index in [0.717, 1.165) is 28.7 Å². The van der Waals surface area contributed by atoms with Gasteiger partial charge in [0.05, 0.1) is 5.69 Å². The number of benzene rings is 2. The molecular weight excluding hydrogens is 326 g/mol. The first-order valence-corrected chi connectivity index (χ1v) is 8.18. The van der Waals surface area contributed by atoms with Crippen molar-refractivity contribution >= 4 is 17.7 Å². The average molecular weight is 341 g/mol. The lowest BCUT2D eigenvalue weighted by molar-refractivity contribution is 0.101. The predicted molar refractivity (Wildman–Crippen MR) is 99.3 cm³/mol. The Morgan fingerprint density at radius 2 is 1.73 bits per heavy atom. The SMILES string of the molecule is CC(=O)c1cc2nc(-c3ccc(C=O)cc3)c(-c3ccccc3)cn2n1. The van der Waals surface area contributed by atoms with Crippen LogP contribution in [0.25, 0.3) is 28.0 Å². The summed E-state index contributed by atoms with van der Waals surface area (Å²) in [7, 11) is 0. The Morgan fingerprint density at radius 1 is 1.00 bits per heavy atom. The molecule has 0 bridgehead atoms. The molecular formula is C21H15N3O2. The summed E-state index contributed by atoms with van der Waals surface area (Å²) in [6.07, 6.45) is 2.70. The fraction of sp³-hybridized carbons (Fsp3) is 0.0476. The predicted octanol–water partition coefficient (Wildman–Crippen LogP) is 4.08. The van der Waals surface area contributed by atoms with E-state index in [1.165, 1.54) is 6.92 Å². The van der Waals surface area contributed by atoms with E-state index in [2.05, 4.69) is 5.10 Å². The first-order valence-electron chi connectivity index (χ1n) is 8.18. The number of carbonyl (C=O) groups is 2. The molecule has 0 saturated heterocycles. The molecule has 0 N–H and O–H groups in total. The van der Waals surface area contributed by atoms with Crippen LogP contribution in [-0.4, -0.2) is 26.7 Å². The highest BCUT2D eigenvalue weighted by Gasteiger charge is 2.14. The van der Waals surface area contributed by atoms with Gasteiger partial charge in [0, 0.05) is 35.9 Å². The minimum atomic E-state index is -0.103. The molecule has 0 saturated carbocycles. The van der Waals surface area contributed by atoms with E-state index in [-0.39, 0.29) is 5.78 Å². The van der Waals surface area contributed by atoms with Crippen molar-refractivity contribution in [2.45, 2.75) is 6.92 Å². The lowest BCUT2D eigenvalue weighted by Gasteiger charge is -2.10. The third-order valence-corrected chi connectivity index (χ3v) is 4.21. The number of nitrogens with zero attached hydrogens (tertiary/aromatic N) is 3. The minimum absolute atomic E-state index is 0.103. The van der Waals surface area contributed by atoms with Crippen molar-refractivity contribution in [3.05, 3.63) is 78.1 Å². The van der Waals surface area contributed by atoms with Crippen LogP contribution in [0.15, 0.2) is 66.9 Å². The molecule has 4 rings (SSSR count). The monoisotopic (exact) mass is 341 g/mol. The second kappa shape index (κ2) is 6.37. The molecule has 2 aromatic carbocycles.